The summed E-state index contributed by atoms with van der Waals surface area (Å²) in [5.41, 5.74) is 9.30. The van der Waals surface area contributed by atoms with Gasteiger partial charge in [0, 0.05) is 18.9 Å². The van der Waals surface area contributed by atoms with Crippen molar-refractivity contribution in [1.82, 2.24) is 0 Å². The Bertz CT molecular complexity index is 389. The van der Waals surface area contributed by atoms with Crippen LogP contribution in [0.4, 0.5) is 0 Å². The summed E-state index contributed by atoms with van der Waals surface area (Å²) in [5.74, 6) is 0.799. The Kier molecular flexibility index (Phi) is 5.54. The molecular weight excluding hydrogens is 222 g/mol. The Hall–Kier alpha value is -1.15. The molecule has 18 heavy (non-hydrogen) atoms. The number of hydrogen-bond donors (Lipinski definition) is 1. The van der Waals surface area contributed by atoms with Crippen molar-refractivity contribution in [3.63, 3.8) is 0 Å². The van der Waals surface area contributed by atoms with Gasteiger partial charge in [0.05, 0.1) is 0 Å². The van der Waals surface area contributed by atoms with Gasteiger partial charge in [0.2, 0.25) is 0 Å². The van der Waals surface area contributed by atoms with E-state index in [4.69, 9.17) is 5.73 Å². The summed E-state index contributed by atoms with van der Waals surface area (Å²) >= 11 is 0. The monoisotopic (exact) mass is 247 g/mol. The molecule has 1 aromatic carbocycles. The maximum Gasteiger partial charge on any atom is 0.141 e. The number of hydrogen-bond acceptors (Lipinski definition) is 2. The minimum Gasteiger partial charge on any atom is -0.330 e. The number of carbonyl (C=O) groups is 1. The number of rotatable bonds is 6. The van der Waals surface area contributed by atoms with Crippen LogP contribution in [0.5, 0.6) is 0 Å². The summed E-state index contributed by atoms with van der Waals surface area (Å²) in [6.07, 6.45) is 1.41. The number of ketones is 1. The lowest BCUT2D eigenvalue weighted by Gasteiger charge is -2.17. The molecule has 0 aliphatic heterocycles. The number of Topliss-reactive ketones (excluding diaryl/α,β-unsaturated/α-hetero) is 1. The van der Waals surface area contributed by atoms with Crippen molar-refractivity contribution in [1.29, 1.82) is 0 Å². The van der Waals surface area contributed by atoms with Gasteiger partial charge in [0.15, 0.2) is 0 Å². The second-order valence-corrected chi connectivity index (χ2v) is 5.58. The quantitative estimate of drug-likeness (QED) is 0.839. The van der Waals surface area contributed by atoms with E-state index in [1.807, 2.05) is 6.07 Å². The van der Waals surface area contributed by atoms with Crippen LogP contribution in [-0.4, -0.2) is 12.3 Å². The van der Waals surface area contributed by atoms with E-state index >= 15 is 0 Å². The standard InChI is InChI=1S/C16H25NO/c1-11(2)8-14(10-17)16(18)9-15-12(3)6-5-7-13(15)4/h5-7,11,14H,8-10,17H2,1-4H3. The van der Waals surface area contributed by atoms with E-state index in [1.54, 1.807) is 0 Å². The predicted molar refractivity (Wildman–Crippen MR) is 76.6 cm³/mol. The molecule has 0 aliphatic rings. The highest BCUT2D eigenvalue weighted by atomic mass is 16.1. The van der Waals surface area contributed by atoms with Gasteiger partial charge in [-0.15, -0.1) is 0 Å². The first-order chi connectivity index (χ1) is 8.45. The zero-order valence-corrected chi connectivity index (χ0v) is 12.0. The van der Waals surface area contributed by atoms with Crippen LogP contribution in [0.25, 0.3) is 0 Å². The molecule has 100 valence electrons. The maximum absolute atomic E-state index is 12.3. The molecule has 1 rings (SSSR count). The molecule has 2 nitrogen and oxygen atoms in total. The fraction of sp³-hybridized carbons (Fsp3) is 0.562. The molecule has 2 heteroatoms. The van der Waals surface area contributed by atoms with Crippen molar-refractivity contribution in [2.24, 2.45) is 17.6 Å². The van der Waals surface area contributed by atoms with E-state index in [0.29, 0.717) is 18.9 Å². The van der Waals surface area contributed by atoms with E-state index in [2.05, 4.69) is 39.8 Å². The highest BCUT2D eigenvalue weighted by Crippen LogP contribution is 2.18. The largest absolute Gasteiger partial charge is 0.330 e. The topological polar surface area (TPSA) is 43.1 Å². The van der Waals surface area contributed by atoms with E-state index in [9.17, 15) is 4.79 Å². The van der Waals surface area contributed by atoms with Crippen LogP contribution in [0, 0.1) is 25.7 Å². The number of aryl methyl sites for hydroxylation is 2. The highest BCUT2D eigenvalue weighted by molar-refractivity contribution is 5.84. The summed E-state index contributed by atoms with van der Waals surface area (Å²) in [4.78, 5) is 12.3. The average molecular weight is 247 g/mol. The number of nitrogens with two attached hydrogens (primary N) is 1. The summed E-state index contributed by atoms with van der Waals surface area (Å²) in [6, 6.07) is 6.16. The van der Waals surface area contributed by atoms with Gasteiger partial charge in [-0.3, -0.25) is 4.79 Å². The lowest BCUT2D eigenvalue weighted by atomic mass is 9.88. The minimum absolute atomic E-state index is 0.00371. The molecule has 0 aromatic heterocycles. The average Bonchev–Trinajstić information content (AvgIpc) is 2.30. The second kappa shape index (κ2) is 6.69. The fourth-order valence-electron chi connectivity index (χ4n) is 2.37. The van der Waals surface area contributed by atoms with E-state index < -0.39 is 0 Å². The molecule has 0 radical (unpaired) electrons. The lowest BCUT2D eigenvalue weighted by molar-refractivity contribution is -0.122. The van der Waals surface area contributed by atoms with Crippen LogP contribution in [-0.2, 0) is 11.2 Å². The van der Waals surface area contributed by atoms with E-state index in [0.717, 1.165) is 6.42 Å². The molecule has 0 heterocycles. The van der Waals surface area contributed by atoms with Crippen molar-refractivity contribution < 1.29 is 4.79 Å². The van der Waals surface area contributed by atoms with Crippen LogP contribution in [0.15, 0.2) is 18.2 Å². The zero-order valence-electron chi connectivity index (χ0n) is 12.0. The van der Waals surface area contributed by atoms with Gasteiger partial charge in [-0.05, 0) is 42.9 Å². The normalized spacial score (nSPS) is 12.8. The molecule has 0 saturated carbocycles. The molecule has 2 N–H and O–H groups in total. The first kappa shape index (κ1) is 14.9. The first-order valence-corrected chi connectivity index (χ1v) is 6.73. The third-order valence-corrected chi connectivity index (χ3v) is 3.49. The van der Waals surface area contributed by atoms with Gasteiger partial charge >= 0.3 is 0 Å². The van der Waals surface area contributed by atoms with Gasteiger partial charge in [0.25, 0.3) is 0 Å². The Morgan fingerprint density at radius 2 is 1.78 bits per heavy atom. The van der Waals surface area contributed by atoms with Gasteiger partial charge in [-0.2, -0.15) is 0 Å². The minimum atomic E-state index is 0.00371. The molecule has 0 saturated heterocycles. The molecule has 0 aliphatic carbocycles. The second-order valence-electron chi connectivity index (χ2n) is 5.58. The smallest absolute Gasteiger partial charge is 0.141 e. The van der Waals surface area contributed by atoms with Crippen LogP contribution < -0.4 is 5.73 Å². The van der Waals surface area contributed by atoms with Gasteiger partial charge in [-0.25, -0.2) is 0 Å². The Morgan fingerprint density at radius 1 is 1.22 bits per heavy atom. The third kappa shape index (κ3) is 3.95. The molecule has 1 atom stereocenters. The summed E-state index contributed by atoms with van der Waals surface area (Å²) < 4.78 is 0. The van der Waals surface area contributed by atoms with Crippen molar-refractivity contribution >= 4 is 5.78 Å². The summed E-state index contributed by atoms with van der Waals surface area (Å²) in [6.45, 7) is 8.86. The Balaban J connectivity index is 2.80. The molecule has 0 spiro atoms. The van der Waals surface area contributed by atoms with Crippen molar-refractivity contribution in [2.75, 3.05) is 6.54 Å². The number of carbonyl (C=O) groups excluding carboxylic acids is 1. The van der Waals surface area contributed by atoms with E-state index in [1.165, 1.54) is 16.7 Å². The molecule has 1 aromatic rings. The van der Waals surface area contributed by atoms with Crippen molar-refractivity contribution in [3.8, 4) is 0 Å². The van der Waals surface area contributed by atoms with Crippen molar-refractivity contribution in [2.45, 2.75) is 40.5 Å². The van der Waals surface area contributed by atoms with Gasteiger partial charge in [-0.1, -0.05) is 32.0 Å². The molecular formula is C16H25NO. The van der Waals surface area contributed by atoms with Crippen LogP contribution in [0.2, 0.25) is 0 Å². The summed E-state index contributed by atoms with van der Waals surface area (Å²) in [5, 5.41) is 0. The van der Waals surface area contributed by atoms with Crippen molar-refractivity contribution in [3.05, 3.63) is 34.9 Å². The Morgan fingerprint density at radius 3 is 2.22 bits per heavy atom. The third-order valence-electron chi connectivity index (χ3n) is 3.49. The maximum atomic E-state index is 12.3. The van der Waals surface area contributed by atoms with Crippen LogP contribution in [0.3, 0.4) is 0 Å². The highest BCUT2D eigenvalue weighted by Gasteiger charge is 2.19. The van der Waals surface area contributed by atoms with Gasteiger partial charge in [0.1, 0.15) is 5.78 Å². The summed E-state index contributed by atoms with van der Waals surface area (Å²) in [7, 11) is 0. The number of benzene rings is 1. The first-order valence-electron chi connectivity index (χ1n) is 6.73. The zero-order chi connectivity index (χ0) is 13.7. The molecule has 1 unspecified atom stereocenters. The molecule has 0 amide bonds. The molecule has 0 bridgehead atoms. The molecule has 0 fully saturated rings. The van der Waals surface area contributed by atoms with Gasteiger partial charge < -0.3 is 5.73 Å². The predicted octanol–water partition coefficient (Wildman–Crippen LogP) is 3.04. The lowest BCUT2D eigenvalue weighted by Crippen LogP contribution is -2.27. The van der Waals surface area contributed by atoms with E-state index in [-0.39, 0.29) is 11.7 Å². The Labute approximate surface area is 111 Å². The van der Waals surface area contributed by atoms with Crippen LogP contribution >= 0.6 is 0 Å². The van der Waals surface area contributed by atoms with Crippen LogP contribution in [0.1, 0.15) is 37.0 Å². The fourth-order valence-corrected chi connectivity index (χ4v) is 2.37. The SMILES string of the molecule is Cc1cccc(C)c1CC(=O)C(CN)CC(C)C.